The first-order chi connectivity index (χ1) is 15.4. The van der Waals surface area contributed by atoms with Crippen molar-refractivity contribution in [2.45, 2.75) is 4.90 Å². The number of aromatic nitrogens is 3. The van der Waals surface area contributed by atoms with Crippen molar-refractivity contribution in [3.05, 3.63) is 60.4 Å². The Bertz CT molecular complexity index is 1230. The second-order valence-corrected chi connectivity index (χ2v) is 9.41. The van der Waals surface area contributed by atoms with Gasteiger partial charge in [0.15, 0.2) is 9.84 Å². The first-order valence-electron chi connectivity index (χ1n) is 10.0. The molecule has 0 atom stereocenters. The number of carbonyl (C=O) groups is 1. The Hall–Kier alpha value is -3.53. The molecule has 1 aromatic heterocycles. The van der Waals surface area contributed by atoms with Gasteiger partial charge in [-0.3, -0.25) is 4.79 Å². The van der Waals surface area contributed by atoms with Crippen LogP contribution >= 0.6 is 0 Å². The van der Waals surface area contributed by atoms with Crippen LogP contribution in [0.1, 0.15) is 10.4 Å². The van der Waals surface area contributed by atoms with Crippen molar-refractivity contribution in [3.8, 4) is 17.1 Å². The van der Waals surface area contributed by atoms with Gasteiger partial charge >= 0.3 is 6.01 Å². The Morgan fingerprint density at radius 1 is 1.00 bits per heavy atom. The molecule has 1 saturated heterocycles. The summed E-state index contributed by atoms with van der Waals surface area (Å²) in [5.74, 6) is 0.287. The highest BCUT2D eigenvalue weighted by Crippen LogP contribution is 2.28. The van der Waals surface area contributed by atoms with Crippen LogP contribution in [0.5, 0.6) is 6.01 Å². The van der Waals surface area contributed by atoms with Crippen LogP contribution in [0.15, 0.2) is 59.8 Å². The number of methoxy groups -OCH3 is 1. The molecule has 0 bridgehead atoms. The van der Waals surface area contributed by atoms with E-state index in [0.29, 0.717) is 43.3 Å². The molecule has 9 nitrogen and oxygen atoms in total. The highest BCUT2D eigenvalue weighted by atomic mass is 32.2. The average molecular weight is 454 g/mol. The zero-order chi connectivity index (χ0) is 22.7. The maximum Gasteiger partial charge on any atom is 0.320 e. The lowest BCUT2D eigenvalue weighted by Gasteiger charge is -2.35. The molecule has 1 amide bonds. The number of ether oxygens (including phenoxy) is 1. The van der Waals surface area contributed by atoms with Crippen molar-refractivity contribution in [1.82, 2.24) is 19.9 Å². The second-order valence-electron chi connectivity index (χ2n) is 7.40. The van der Waals surface area contributed by atoms with Crippen LogP contribution in [0.25, 0.3) is 11.1 Å². The number of hydrogen-bond donors (Lipinski definition) is 0. The Kier molecular flexibility index (Phi) is 6.04. The Balaban J connectivity index is 1.60. The smallest absolute Gasteiger partial charge is 0.320 e. The van der Waals surface area contributed by atoms with E-state index in [1.165, 1.54) is 19.5 Å². The number of piperazine rings is 1. The van der Waals surface area contributed by atoms with Crippen LogP contribution in [-0.4, -0.2) is 73.7 Å². The highest BCUT2D eigenvalue weighted by Gasteiger charge is 2.26. The first-order valence-corrected chi connectivity index (χ1v) is 11.9. The molecule has 0 unspecified atom stereocenters. The van der Waals surface area contributed by atoms with E-state index in [1.807, 2.05) is 35.2 Å². The van der Waals surface area contributed by atoms with Gasteiger partial charge in [0.05, 0.1) is 12.0 Å². The molecule has 0 aliphatic carbocycles. The fourth-order valence-electron chi connectivity index (χ4n) is 3.60. The SMILES string of the molecule is COc1ncnc(N2CCN(C(=O)c3cc(S(C)(=O)=O)ccc3-c3ccccc3)CC2)n1. The van der Waals surface area contributed by atoms with E-state index in [4.69, 9.17) is 4.74 Å². The van der Waals surface area contributed by atoms with E-state index in [0.717, 1.165) is 11.8 Å². The van der Waals surface area contributed by atoms with Gasteiger partial charge in [0.2, 0.25) is 5.95 Å². The van der Waals surface area contributed by atoms with E-state index in [9.17, 15) is 13.2 Å². The van der Waals surface area contributed by atoms with E-state index >= 15 is 0 Å². The van der Waals surface area contributed by atoms with Gasteiger partial charge in [-0.25, -0.2) is 13.4 Å². The monoisotopic (exact) mass is 453 g/mol. The molecule has 32 heavy (non-hydrogen) atoms. The molecule has 1 aliphatic rings. The average Bonchev–Trinajstić information content (AvgIpc) is 2.83. The Labute approximate surface area is 186 Å². The third-order valence-electron chi connectivity index (χ3n) is 5.30. The molecule has 0 N–H and O–H groups in total. The summed E-state index contributed by atoms with van der Waals surface area (Å²) in [6, 6.07) is 14.4. The van der Waals surface area contributed by atoms with Gasteiger partial charge in [-0.15, -0.1) is 0 Å². The molecule has 2 aromatic carbocycles. The van der Waals surface area contributed by atoms with Gasteiger partial charge in [-0.2, -0.15) is 9.97 Å². The largest absolute Gasteiger partial charge is 0.467 e. The van der Waals surface area contributed by atoms with Gasteiger partial charge in [0.1, 0.15) is 6.33 Å². The van der Waals surface area contributed by atoms with E-state index in [2.05, 4.69) is 15.0 Å². The lowest BCUT2D eigenvalue weighted by atomic mass is 9.98. The van der Waals surface area contributed by atoms with Crippen LogP contribution in [0.3, 0.4) is 0 Å². The van der Waals surface area contributed by atoms with Crippen LogP contribution in [0.4, 0.5) is 5.95 Å². The predicted octanol–water partition coefficient (Wildman–Crippen LogP) is 1.91. The van der Waals surface area contributed by atoms with Crippen LogP contribution in [-0.2, 0) is 9.84 Å². The van der Waals surface area contributed by atoms with Crippen molar-refractivity contribution in [2.75, 3.05) is 44.4 Å². The predicted molar refractivity (Wildman–Crippen MR) is 119 cm³/mol. The molecule has 166 valence electrons. The summed E-state index contributed by atoms with van der Waals surface area (Å²) >= 11 is 0. The van der Waals surface area contributed by atoms with Crippen molar-refractivity contribution >= 4 is 21.7 Å². The molecule has 4 rings (SSSR count). The molecule has 10 heteroatoms. The lowest BCUT2D eigenvalue weighted by Crippen LogP contribution is -2.49. The molecule has 0 radical (unpaired) electrons. The molecule has 2 heterocycles. The molecular weight excluding hydrogens is 430 g/mol. The first kappa shape index (κ1) is 21.7. The summed E-state index contributed by atoms with van der Waals surface area (Å²) < 4.78 is 29.3. The third-order valence-corrected chi connectivity index (χ3v) is 6.41. The summed E-state index contributed by atoms with van der Waals surface area (Å²) in [5, 5.41) is 0. The zero-order valence-corrected chi connectivity index (χ0v) is 18.6. The van der Waals surface area contributed by atoms with E-state index in [1.54, 1.807) is 17.0 Å². The minimum Gasteiger partial charge on any atom is -0.467 e. The maximum atomic E-state index is 13.5. The number of anilines is 1. The fraction of sp³-hybridized carbons (Fsp3) is 0.273. The summed E-state index contributed by atoms with van der Waals surface area (Å²) in [4.78, 5) is 29.6. The fourth-order valence-corrected chi connectivity index (χ4v) is 4.25. The topological polar surface area (TPSA) is 106 Å². The van der Waals surface area contributed by atoms with Crippen LogP contribution < -0.4 is 9.64 Å². The standard InChI is InChI=1S/C22H23N5O4S/c1-31-22-24-15-23-21(25-22)27-12-10-26(11-13-27)20(28)19-14-17(32(2,29)30)8-9-18(19)16-6-4-3-5-7-16/h3-9,14-15H,10-13H2,1-2H3. The van der Waals surface area contributed by atoms with Crippen molar-refractivity contribution < 1.29 is 17.9 Å². The van der Waals surface area contributed by atoms with Crippen molar-refractivity contribution in [2.24, 2.45) is 0 Å². The molecule has 1 fully saturated rings. The number of nitrogens with zero attached hydrogens (tertiary/aromatic N) is 5. The summed E-state index contributed by atoms with van der Waals surface area (Å²) in [5.41, 5.74) is 1.92. The normalized spacial score (nSPS) is 14.3. The number of rotatable bonds is 5. The molecule has 0 spiro atoms. The van der Waals surface area contributed by atoms with Gasteiger partial charge in [0.25, 0.3) is 5.91 Å². The van der Waals surface area contributed by atoms with Crippen LogP contribution in [0, 0.1) is 0 Å². The highest BCUT2D eigenvalue weighted by molar-refractivity contribution is 7.90. The van der Waals surface area contributed by atoms with Gasteiger partial charge in [0, 0.05) is 38.0 Å². The van der Waals surface area contributed by atoms with Gasteiger partial charge in [-0.05, 0) is 23.3 Å². The van der Waals surface area contributed by atoms with E-state index in [-0.39, 0.29) is 16.8 Å². The molecule has 0 saturated carbocycles. The Morgan fingerprint density at radius 3 is 2.38 bits per heavy atom. The van der Waals surface area contributed by atoms with Crippen molar-refractivity contribution in [1.29, 1.82) is 0 Å². The summed E-state index contributed by atoms with van der Waals surface area (Å²) in [6.07, 6.45) is 2.53. The van der Waals surface area contributed by atoms with Gasteiger partial charge < -0.3 is 14.5 Å². The molecular formula is C22H23N5O4S. The van der Waals surface area contributed by atoms with Gasteiger partial charge in [-0.1, -0.05) is 36.4 Å². The number of sulfone groups is 1. The number of carbonyl (C=O) groups excluding carboxylic acids is 1. The minimum absolute atomic E-state index is 0.122. The third kappa shape index (κ3) is 4.54. The summed E-state index contributed by atoms with van der Waals surface area (Å²) in [7, 11) is -1.96. The number of benzene rings is 2. The lowest BCUT2D eigenvalue weighted by molar-refractivity contribution is 0.0746. The maximum absolute atomic E-state index is 13.5. The number of amides is 1. The van der Waals surface area contributed by atoms with Crippen LogP contribution in [0.2, 0.25) is 0 Å². The Morgan fingerprint density at radius 2 is 1.72 bits per heavy atom. The zero-order valence-electron chi connectivity index (χ0n) is 17.8. The summed E-state index contributed by atoms with van der Waals surface area (Å²) in [6.45, 7) is 1.96. The van der Waals surface area contributed by atoms with E-state index < -0.39 is 9.84 Å². The molecule has 1 aliphatic heterocycles. The number of hydrogen-bond acceptors (Lipinski definition) is 8. The van der Waals surface area contributed by atoms with Crippen molar-refractivity contribution in [3.63, 3.8) is 0 Å². The quantitative estimate of drug-likeness (QED) is 0.577. The molecule has 3 aromatic rings. The second kappa shape index (κ2) is 8.91. The minimum atomic E-state index is -3.45.